The van der Waals surface area contributed by atoms with Crippen LogP contribution in [-0.4, -0.2) is 84.1 Å². The van der Waals surface area contributed by atoms with Crippen LogP contribution in [0.1, 0.15) is 77.0 Å². The summed E-state index contributed by atoms with van der Waals surface area (Å²) >= 11 is 0. The summed E-state index contributed by atoms with van der Waals surface area (Å²) in [5.41, 5.74) is 0. The van der Waals surface area contributed by atoms with Crippen molar-refractivity contribution in [3.8, 4) is 0 Å². The van der Waals surface area contributed by atoms with E-state index in [-0.39, 0.29) is 12.9 Å². The molecular formula is C24H48O7. The molecule has 0 aromatic heterocycles. The minimum absolute atomic E-state index is 0.0525. The van der Waals surface area contributed by atoms with E-state index in [4.69, 9.17) is 33.5 Å². The van der Waals surface area contributed by atoms with E-state index < -0.39 is 0 Å². The zero-order valence-electron chi connectivity index (χ0n) is 19.7. The van der Waals surface area contributed by atoms with E-state index in [1.165, 1.54) is 57.8 Å². The Morgan fingerprint density at radius 3 is 1.55 bits per heavy atom. The van der Waals surface area contributed by atoms with Crippen molar-refractivity contribution in [2.24, 2.45) is 0 Å². The SMILES string of the molecule is OCCOCCOCCOCCOCCCCCCCCCCCOC1CCCCO1. The second-order valence-corrected chi connectivity index (χ2v) is 8.02. The van der Waals surface area contributed by atoms with Gasteiger partial charge in [-0.25, -0.2) is 0 Å². The van der Waals surface area contributed by atoms with Gasteiger partial charge in [-0.15, -0.1) is 0 Å². The minimum Gasteiger partial charge on any atom is -0.394 e. The highest BCUT2D eigenvalue weighted by atomic mass is 16.7. The maximum absolute atomic E-state index is 8.56. The number of ether oxygens (including phenoxy) is 6. The highest BCUT2D eigenvalue weighted by Gasteiger charge is 2.13. The molecule has 1 unspecified atom stereocenters. The molecule has 0 aromatic carbocycles. The highest BCUT2D eigenvalue weighted by molar-refractivity contribution is 4.54. The maximum atomic E-state index is 8.56. The summed E-state index contributed by atoms with van der Waals surface area (Å²) in [6.07, 6.45) is 15.0. The van der Waals surface area contributed by atoms with Crippen molar-refractivity contribution in [2.45, 2.75) is 83.3 Å². The Kier molecular flexibility index (Phi) is 22.6. The van der Waals surface area contributed by atoms with Crippen LogP contribution in [-0.2, 0) is 28.4 Å². The van der Waals surface area contributed by atoms with E-state index in [1.54, 1.807) is 0 Å². The first-order chi connectivity index (χ1) is 15.4. The molecule has 0 spiro atoms. The number of unbranched alkanes of at least 4 members (excludes halogenated alkanes) is 8. The van der Waals surface area contributed by atoms with E-state index in [0.717, 1.165) is 39.1 Å². The van der Waals surface area contributed by atoms with Gasteiger partial charge in [0.1, 0.15) is 0 Å². The van der Waals surface area contributed by atoms with Crippen LogP contribution in [0.3, 0.4) is 0 Å². The molecule has 1 saturated heterocycles. The average molecular weight is 449 g/mol. The fourth-order valence-electron chi connectivity index (χ4n) is 3.43. The van der Waals surface area contributed by atoms with Crippen LogP contribution in [0.2, 0.25) is 0 Å². The van der Waals surface area contributed by atoms with Crippen LogP contribution in [0.4, 0.5) is 0 Å². The van der Waals surface area contributed by atoms with E-state index in [1.807, 2.05) is 0 Å². The first kappa shape index (κ1) is 28.8. The van der Waals surface area contributed by atoms with Gasteiger partial charge in [0.05, 0.1) is 52.9 Å². The van der Waals surface area contributed by atoms with Gasteiger partial charge in [-0.05, 0) is 32.1 Å². The van der Waals surface area contributed by atoms with Crippen molar-refractivity contribution >= 4 is 0 Å². The van der Waals surface area contributed by atoms with Gasteiger partial charge >= 0.3 is 0 Å². The van der Waals surface area contributed by atoms with Crippen molar-refractivity contribution in [2.75, 3.05) is 72.7 Å². The van der Waals surface area contributed by atoms with Gasteiger partial charge < -0.3 is 33.5 Å². The Morgan fingerprint density at radius 1 is 0.548 bits per heavy atom. The summed E-state index contributed by atoms with van der Waals surface area (Å²) in [7, 11) is 0. The van der Waals surface area contributed by atoms with Crippen molar-refractivity contribution < 1.29 is 33.5 Å². The number of rotatable bonds is 24. The molecule has 0 radical (unpaired) electrons. The summed E-state index contributed by atoms with van der Waals surface area (Å²) in [6, 6.07) is 0. The van der Waals surface area contributed by atoms with Crippen LogP contribution < -0.4 is 0 Å². The lowest BCUT2D eigenvalue weighted by Crippen LogP contribution is -2.22. The summed E-state index contributed by atoms with van der Waals surface area (Å²) < 4.78 is 32.8. The molecule has 0 aromatic rings. The maximum Gasteiger partial charge on any atom is 0.157 e. The Balaban J connectivity index is 1.62. The average Bonchev–Trinajstić information content (AvgIpc) is 2.80. The zero-order valence-corrected chi connectivity index (χ0v) is 19.7. The third-order valence-corrected chi connectivity index (χ3v) is 5.23. The van der Waals surface area contributed by atoms with E-state index in [2.05, 4.69) is 0 Å². The molecule has 0 saturated carbocycles. The second-order valence-electron chi connectivity index (χ2n) is 8.02. The summed E-state index contributed by atoms with van der Waals surface area (Å²) in [5.74, 6) is 0. The first-order valence-electron chi connectivity index (χ1n) is 12.6. The predicted octanol–water partition coefficient (Wildman–Crippen LogP) is 4.10. The van der Waals surface area contributed by atoms with Crippen LogP contribution in [0, 0.1) is 0 Å². The second kappa shape index (κ2) is 24.4. The first-order valence-corrected chi connectivity index (χ1v) is 12.6. The standard InChI is InChI=1S/C24H48O7/c25-13-17-27-19-21-29-23-22-28-20-18-26-14-9-6-4-2-1-3-5-7-10-15-30-24-12-8-11-16-31-24/h24-25H,1-23H2. The van der Waals surface area contributed by atoms with Gasteiger partial charge in [0.25, 0.3) is 0 Å². The zero-order chi connectivity index (χ0) is 22.1. The molecule has 1 rings (SSSR count). The van der Waals surface area contributed by atoms with Gasteiger partial charge in [-0.2, -0.15) is 0 Å². The minimum atomic E-state index is 0.0525. The molecule has 1 aliphatic rings. The summed E-state index contributed by atoms with van der Waals surface area (Å²) in [6.45, 7) is 6.40. The molecule has 0 bridgehead atoms. The Bertz CT molecular complexity index is 338. The van der Waals surface area contributed by atoms with Crippen LogP contribution in [0.25, 0.3) is 0 Å². The lowest BCUT2D eigenvalue weighted by atomic mass is 10.1. The topological polar surface area (TPSA) is 75.6 Å². The molecule has 1 heterocycles. The third kappa shape index (κ3) is 21.3. The number of hydrogen-bond donors (Lipinski definition) is 1. The molecule has 1 N–H and O–H groups in total. The smallest absolute Gasteiger partial charge is 0.157 e. The van der Waals surface area contributed by atoms with E-state index in [9.17, 15) is 0 Å². The lowest BCUT2D eigenvalue weighted by Gasteiger charge is -2.22. The monoisotopic (exact) mass is 448 g/mol. The highest BCUT2D eigenvalue weighted by Crippen LogP contribution is 2.15. The van der Waals surface area contributed by atoms with Gasteiger partial charge in [0.2, 0.25) is 0 Å². The van der Waals surface area contributed by atoms with Gasteiger partial charge in [-0.1, -0.05) is 44.9 Å². The number of aliphatic hydroxyl groups excluding tert-OH is 1. The normalized spacial score (nSPS) is 16.7. The van der Waals surface area contributed by atoms with Crippen molar-refractivity contribution in [1.29, 1.82) is 0 Å². The molecule has 7 nitrogen and oxygen atoms in total. The Labute approximate surface area is 190 Å². The van der Waals surface area contributed by atoms with Crippen LogP contribution in [0.15, 0.2) is 0 Å². The molecule has 1 aliphatic heterocycles. The number of hydrogen-bond acceptors (Lipinski definition) is 7. The van der Waals surface area contributed by atoms with Gasteiger partial charge in [0.15, 0.2) is 6.29 Å². The molecular weight excluding hydrogens is 400 g/mol. The molecule has 186 valence electrons. The summed E-state index contributed by atoms with van der Waals surface area (Å²) in [5, 5.41) is 8.56. The fourth-order valence-corrected chi connectivity index (χ4v) is 3.43. The lowest BCUT2D eigenvalue weighted by molar-refractivity contribution is -0.162. The predicted molar refractivity (Wildman–Crippen MR) is 121 cm³/mol. The largest absolute Gasteiger partial charge is 0.394 e. The Hall–Kier alpha value is -0.280. The van der Waals surface area contributed by atoms with Crippen molar-refractivity contribution in [1.82, 2.24) is 0 Å². The van der Waals surface area contributed by atoms with Crippen LogP contribution in [0.5, 0.6) is 0 Å². The molecule has 0 aliphatic carbocycles. The molecule has 1 atom stereocenters. The molecule has 1 fully saturated rings. The van der Waals surface area contributed by atoms with Gasteiger partial charge in [-0.3, -0.25) is 0 Å². The van der Waals surface area contributed by atoms with Crippen molar-refractivity contribution in [3.05, 3.63) is 0 Å². The molecule has 31 heavy (non-hydrogen) atoms. The third-order valence-electron chi connectivity index (χ3n) is 5.23. The van der Waals surface area contributed by atoms with E-state index >= 15 is 0 Å². The van der Waals surface area contributed by atoms with Crippen molar-refractivity contribution in [3.63, 3.8) is 0 Å². The summed E-state index contributed by atoms with van der Waals surface area (Å²) in [4.78, 5) is 0. The molecule has 7 heteroatoms. The number of aliphatic hydroxyl groups is 1. The molecule has 0 amide bonds. The van der Waals surface area contributed by atoms with Crippen LogP contribution >= 0.6 is 0 Å². The Morgan fingerprint density at radius 2 is 1.03 bits per heavy atom. The fraction of sp³-hybridized carbons (Fsp3) is 1.00. The van der Waals surface area contributed by atoms with E-state index in [0.29, 0.717) is 46.2 Å². The van der Waals surface area contributed by atoms with Gasteiger partial charge in [0, 0.05) is 19.8 Å². The quantitative estimate of drug-likeness (QED) is 0.223.